The van der Waals surface area contributed by atoms with Crippen LogP contribution in [0.2, 0.25) is 0 Å². The smallest absolute Gasteiger partial charge is 0.339 e. The van der Waals surface area contributed by atoms with Crippen LogP contribution in [0, 0.1) is 11.3 Å². The predicted octanol–water partition coefficient (Wildman–Crippen LogP) is 3.51. The molecule has 2 aromatic carbocycles. The molecule has 0 amide bonds. The Kier molecular flexibility index (Phi) is 4.38. The number of nitrogens with zero attached hydrogens (tertiary/aromatic N) is 7. The Hall–Kier alpha value is -4.65. The molecule has 4 rings (SSSR count). The third-order valence-electron chi connectivity index (χ3n) is 4.08. The van der Waals surface area contributed by atoms with E-state index >= 15 is 0 Å². The lowest BCUT2D eigenvalue weighted by Gasteiger charge is -2.07. The highest BCUT2D eigenvalue weighted by Crippen LogP contribution is 2.39. The first kappa shape index (κ1) is 17.7. The average Bonchev–Trinajstić information content (AvgIpc) is 3.16. The van der Waals surface area contributed by atoms with E-state index in [4.69, 9.17) is 0 Å². The van der Waals surface area contributed by atoms with Crippen LogP contribution in [0.4, 0.5) is 11.5 Å². The van der Waals surface area contributed by atoms with Gasteiger partial charge in [-0.3, -0.25) is 0 Å². The molecule has 0 bridgehead atoms. The number of hydrogen-bond acceptors (Lipinski definition) is 8. The molecule has 0 radical (unpaired) electrons. The summed E-state index contributed by atoms with van der Waals surface area (Å²) in [5.74, 6) is -1.61. The van der Waals surface area contributed by atoms with Gasteiger partial charge in [0.15, 0.2) is 11.6 Å². The molecular weight excluding hydrogens is 374 g/mol. The van der Waals surface area contributed by atoms with E-state index in [-0.39, 0.29) is 28.6 Å². The van der Waals surface area contributed by atoms with Crippen molar-refractivity contribution in [2.75, 3.05) is 0 Å². The molecule has 0 aliphatic rings. The lowest BCUT2D eigenvalue weighted by atomic mass is 10.0. The molecule has 10 nitrogen and oxygen atoms in total. The number of carbonyl (C=O) groups is 1. The fourth-order valence-corrected chi connectivity index (χ4v) is 2.74. The molecule has 2 heterocycles. The predicted molar refractivity (Wildman–Crippen MR) is 101 cm³/mol. The maximum atomic E-state index is 11.5. The van der Waals surface area contributed by atoms with Gasteiger partial charge in [0.25, 0.3) is 5.95 Å². The van der Waals surface area contributed by atoms with E-state index in [1.807, 2.05) is 6.07 Å². The SMILES string of the molecule is N#Cc1cnn(-c2ncccn2)c1/N=N/c1c(O)c(C(=O)O)cc2ccccc12. The number of hydrogen-bond donors (Lipinski definition) is 2. The second kappa shape index (κ2) is 7.16. The van der Waals surface area contributed by atoms with Gasteiger partial charge in [-0.2, -0.15) is 15.0 Å². The van der Waals surface area contributed by atoms with Crippen LogP contribution >= 0.6 is 0 Å². The Labute approximate surface area is 163 Å². The zero-order valence-corrected chi connectivity index (χ0v) is 14.6. The summed E-state index contributed by atoms with van der Waals surface area (Å²) in [5.41, 5.74) is -0.233. The molecule has 0 fully saturated rings. The highest BCUT2D eigenvalue weighted by atomic mass is 16.4. The lowest BCUT2D eigenvalue weighted by molar-refractivity contribution is 0.0694. The van der Waals surface area contributed by atoms with Crippen molar-refractivity contribution in [3.05, 3.63) is 66.1 Å². The van der Waals surface area contributed by atoms with Crippen molar-refractivity contribution in [3.8, 4) is 17.8 Å². The van der Waals surface area contributed by atoms with Gasteiger partial charge in [-0.15, -0.1) is 10.2 Å². The number of phenols is 1. The van der Waals surface area contributed by atoms with Crippen molar-refractivity contribution in [2.24, 2.45) is 10.2 Å². The van der Waals surface area contributed by atoms with Crippen molar-refractivity contribution in [3.63, 3.8) is 0 Å². The quantitative estimate of drug-likeness (QED) is 0.510. The number of carboxylic acids is 1. The van der Waals surface area contributed by atoms with Gasteiger partial charge in [0.05, 0.1) is 6.20 Å². The Bertz CT molecular complexity index is 1310. The van der Waals surface area contributed by atoms with E-state index < -0.39 is 11.7 Å². The third-order valence-corrected chi connectivity index (χ3v) is 4.08. The van der Waals surface area contributed by atoms with Gasteiger partial charge >= 0.3 is 5.97 Å². The number of aromatic hydroxyl groups is 1. The average molecular weight is 385 g/mol. The van der Waals surface area contributed by atoms with Crippen molar-refractivity contribution in [1.82, 2.24) is 19.7 Å². The van der Waals surface area contributed by atoms with Crippen LogP contribution in [-0.4, -0.2) is 35.9 Å². The molecule has 2 aromatic heterocycles. The number of benzene rings is 2. The molecule has 0 atom stereocenters. The Morgan fingerprint density at radius 1 is 1.14 bits per heavy atom. The first-order valence-corrected chi connectivity index (χ1v) is 8.25. The maximum absolute atomic E-state index is 11.5. The van der Waals surface area contributed by atoms with Gasteiger partial charge in [-0.1, -0.05) is 24.3 Å². The highest BCUT2D eigenvalue weighted by molar-refractivity contribution is 6.04. The molecule has 0 spiro atoms. The summed E-state index contributed by atoms with van der Waals surface area (Å²) in [4.78, 5) is 19.6. The molecule has 10 heteroatoms. The zero-order chi connectivity index (χ0) is 20.4. The first-order valence-electron chi connectivity index (χ1n) is 8.25. The molecule has 0 aliphatic heterocycles. The summed E-state index contributed by atoms with van der Waals surface area (Å²) in [7, 11) is 0. The van der Waals surface area contributed by atoms with E-state index in [1.165, 1.54) is 29.3 Å². The van der Waals surface area contributed by atoms with Crippen LogP contribution in [0.15, 0.2) is 65.2 Å². The molecule has 0 unspecified atom stereocenters. The Balaban J connectivity index is 1.91. The van der Waals surface area contributed by atoms with Gasteiger partial charge in [-0.25, -0.2) is 14.8 Å². The van der Waals surface area contributed by atoms with Gasteiger partial charge in [-0.05, 0) is 17.5 Å². The fraction of sp³-hybridized carbons (Fsp3) is 0. The molecular formula is C19H11N7O3. The number of aromatic nitrogens is 4. The standard InChI is InChI=1S/C19H11N7O3/c20-9-12-10-23-26(19-21-6-3-7-22-19)17(12)25-24-15-13-5-2-1-4-11(13)8-14(16(15)27)18(28)29/h1-8,10,27H,(H,28,29)/b25-24+. The summed E-state index contributed by atoms with van der Waals surface area (Å²) in [6.45, 7) is 0. The van der Waals surface area contributed by atoms with Crippen LogP contribution < -0.4 is 0 Å². The molecule has 0 saturated heterocycles. The molecule has 0 aliphatic carbocycles. The number of azo groups is 1. The van der Waals surface area contributed by atoms with Crippen LogP contribution in [0.1, 0.15) is 15.9 Å². The summed E-state index contributed by atoms with van der Waals surface area (Å²) in [5, 5.41) is 42.4. The first-order chi connectivity index (χ1) is 14.1. The van der Waals surface area contributed by atoms with E-state index in [9.17, 15) is 20.3 Å². The van der Waals surface area contributed by atoms with Crippen LogP contribution in [0.3, 0.4) is 0 Å². The van der Waals surface area contributed by atoms with Crippen molar-refractivity contribution in [2.45, 2.75) is 0 Å². The van der Waals surface area contributed by atoms with Crippen LogP contribution in [-0.2, 0) is 0 Å². The largest absolute Gasteiger partial charge is 0.505 e. The molecule has 4 aromatic rings. The highest BCUT2D eigenvalue weighted by Gasteiger charge is 2.19. The molecule has 140 valence electrons. The van der Waals surface area contributed by atoms with Crippen molar-refractivity contribution in [1.29, 1.82) is 5.26 Å². The van der Waals surface area contributed by atoms with E-state index in [0.717, 1.165) is 0 Å². The van der Waals surface area contributed by atoms with Gasteiger partial charge < -0.3 is 10.2 Å². The van der Waals surface area contributed by atoms with Gasteiger partial charge in [0.1, 0.15) is 22.9 Å². The molecule has 29 heavy (non-hydrogen) atoms. The minimum atomic E-state index is -1.30. The summed E-state index contributed by atoms with van der Waals surface area (Å²) >= 11 is 0. The van der Waals surface area contributed by atoms with Crippen molar-refractivity contribution < 1.29 is 15.0 Å². The Morgan fingerprint density at radius 3 is 2.62 bits per heavy atom. The topological polar surface area (TPSA) is 150 Å². The van der Waals surface area contributed by atoms with Crippen LogP contribution in [0.5, 0.6) is 5.75 Å². The lowest BCUT2D eigenvalue weighted by Crippen LogP contribution is -2.01. The minimum absolute atomic E-state index is 0.0360. The number of carboxylic acid groups (broad SMARTS) is 1. The molecule has 2 N–H and O–H groups in total. The number of fused-ring (bicyclic) bond motifs is 1. The van der Waals surface area contributed by atoms with E-state index in [2.05, 4.69) is 25.3 Å². The van der Waals surface area contributed by atoms with Crippen LogP contribution in [0.25, 0.3) is 16.7 Å². The minimum Gasteiger partial charge on any atom is -0.505 e. The third kappa shape index (κ3) is 3.13. The van der Waals surface area contributed by atoms with Gasteiger partial charge in [0, 0.05) is 17.8 Å². The zero-order valence-electron chi connectivity index (χ0n) is 14.6. The summed E-state index contributed by atoms with van der Waals surface area (Å²) in [6.07, 6.45) is 4.30. The van der Waals surface area contributed by atoms with E-state index in [0.29, 0.717) is 10.8 Å². The summed E-state index contributed by atoms with van der Waals surface area (Å²) in [6, 6.07) is 11.8. The monoisotopic (exact) mass is 385 g/mol. The summed E-state index contributed by atoms with van der Waals surface area (Å²) < 4.78 is 1.22. The second-order valence-electron chi connectivity index (χ2n) is 5.80. The van der Waals surface area contributed by atoms with E-state index in [1.54, 1.807) is 30.3 Å². The maximum Gasteiger partial charge on any atom is 0.339 e. The number of rotatable bonds is 4. The second-order valence-corrected chi connectivity index (χ2v) is 5.80. The fourth-order valence-electron chi connectivity index (χ4n) is 2.74. The molecule has 0 saturated carbocycles. The van der Waals surface area contributed by atoms with Gasteiger partial charge in [0.2, 0.25) is 0 Å². The Morgan fingerprint density at radius 2 is 1.90 bits per heavy atom. The number of aromatic carboxylic acids is 1. The van der Waals surface area contributed by atoms with Crippen molar-refractivity contribution >= 4 is 28.2 Å². The normalized spacial score (nSPS) is 11.0. The number of nitriles is 1.